The molecule has 0 N–H and O–H groups in total. The highest BCUT2D eigenvalue weighted by atomic mass is 79.9. The van der Waals surface area contributed by atoms with E-state index in [4.69, 9.17) is 0 Å². The predicted octanol–water partition coefficient (Wildman–Crippen LogP) is 1.62. The zero-order valence-corrected chi connectivity index (χ0v) is 7.61. The summed E-state index contributed by atoms with van der Waals surface area (Å²) < 4.78 is 29.1. The van der Waals surface area contributed by atoms with Gasteiger partial charge >= 0.3 is 5.97 Å². The molecule has 0 aromatic carbocycles. The molecule has 0 saturated carbocycles. The first kappa shape index (κ1) is 10.8. The molecule has 0 spiro atoms. The molecule has 11 heavy (non-hydrogen) atoms. The Balaban J connectivity index is 3.67. The van der Waals surface area contributed by atoms with Gasteiger partial charge in [0.25, 0.3) is 0 Å². The van der Waals surface area contributed by atoms with Gasteiger partial charge in [-0.2, -0.15) is 0 Å². The van der Waals surface area contributed by atoms with E-state index >= 15 is 0 Å². The Hall–Kier alpha value is -0.190. The number of carbonyl (C=O) groups is 1. The van der Waals surface area contributed by atoms with Crippen molar-refractivity contribution in [1.82, 2.24) is 0 Å². The minimum atomic E-state index is -1.78. The molecular formula is C6H9BrF2O2. The fraction of sp³-hybridized carbons (Fsp3) is 0.833. The second kappa shape index (κ2) is 5.46. The summed E-state index contributed by atoms with van der Waals surface area (Å²) in [7, 11) is 1.14. The molecule has 0 saturated heterocycles. The largest absolute Gasteiger partial charge is 0.469 e. The van der Waals surface area contributed by atoms with Crippen molar-refractivity contribution in [2.24, 2.45) is 0 Å². The zero-order valence-electron chi connectivity index (χ0n) is 6.02. The average molecular weight is 231 g/mol. The topological polar surface area (TPSA) is 26.3 Å². The number of alkyl halides is 3. The van der Waals surface area contributed by atoms with E-state index in [1.165, 1.54) is 0 Å². The standard InChI is InChI=1S/C6H9BrF2O2/c1-11-6(10)2-4(8)5(9)3-7/h4-5H,2-3H2,1H3. The van der Waals surface area contributed by atoms with Crippen LogP contribution in [0, 0.1) is 0 Å². The number of hydrogen-bond acceptors (Lipinski definition) is 2. The van der Waals surface area contributed by atoms with Gasteiger partial charge in [0.2, 0.25) is 0 Å². The van der Waals surface area contributed by atoms with Crippen molar-refractivity contribution >= 4 is 21.9 Å². The number of hydrogen-bond donors (Lipinski definition) is 0. The third-order valence-corrected chi connectivity index (χ3v) is 1.75. The fourth-order valence-electron chi connectivity index (χ4n) is 0.467. The van der Waals surface area contributed by atoms with Gasteiger partial charge < -0.3 is 4.74 Å². The Labute approximate surface area is 72.0 Å². The van der Waals surface area contributed by atoms with E-state index in [-0.39, 0.29) is 5.33 Å². The highest BCUT2D eigenvalue weighted by molar-refractivity contribution is 9.09. The van der Waals surface area contributed by atoms with Gasteiger partial charge in [-0.05, 0) is 0 Å². The molecule has 0 fully saturated rings. The van der Waals surface area contributed by atoms with Crippen LogP contribution in [0.1, 0.15) is 6.42 Å². The summed E-state index contributed by atoms with van der Waals surface area (Å²) in [5, 5.41) is -0.106. The Morgan fingerprint density at radius 3 is 2.45 bits per heavy atom. The van der Waals surface area contributed by atoms with Crippen LogP contribution in [0.4, 0.5) is 8.78 Å². The third-order valence-electron chi connectivity index (χ3n) is 1.13. The fourth-order valence-corrected chi connectivity index (χ4v) is 0.873. The lowest BCUT2D eigenvalue weighted by atomic mass is 10.2. The Morgan fingerprint density at radius 2 is 2.09 bits per heavy atom. The van der Waals surface area contributed by atoms with Gasteiger partial charge in [-0.3, -0.25) is 4.79 Å². The van der Waals surface area contributed by atoms with Crippen LogP contribution in [0.3, 0.4) is 0 Å². The summed E-state index contributed by atoms with van der Waals surface area (Å²) >= 11 is 2.76. The number of esters is 1. The first-order valence-electron chi connectivity index (χ1n) is 3.02. The summed E-state index contributed by atoms with van der Waals surface area (Å²) in [6, 6.07) is 0. The van der Waals surface area contributed by atoms with Crippen molar-refractivity contribution < 1.29 is 18.3 Å². The van der Waals surface area contributed by atoms with Crippen LogP contribution in [0.15, 0.2) is 0 Å². The van der Waals surface area contributed by atoms with Gasteiger partial charge in [0, 0.05) is 5.33 Å². The smallest absolute Gasteiger partial charge is 0.308 e. The summed E-state index contributed by atoms with van der Waals surface area (Å²) in [6.07, 6.45) is -3.94. The quantitative estimate of drug-likeness (QED) is 0.542. The maximum Gasteiger partial charge on any atom is 0.308 e. The van der Waals surface area contributed by atoms with E-state index in [2.05, 4.69) is 20.7 Å². The predicted molar refractivity (Wildman–Crippen MR) is 40.2 cm³/mol. The van der Waals surface area contributed by atoms with E-state index in [9.17, 15) is 13.6 Å². The number of methoxy groups -OCH3 is 1. The summed E-state index contributed by atoms with van der Waals surface area (Å²) in [4.78, 5) is 10.4. The molecule has 66 valence electrons. The number of halogens is 3. The maximum atomic E-state index is 12.5. The summed E-state index contributed by atoms with van der Waals surface area (Å²) in [5.74, 6) is -0.735. The number of rotatable bonds is 4. The maximum absolute atomic E-state index is 12.5. The van der Waals surface area contributed by atoms with Crippen LogP contribution >= 0.6 is 15.9 Å². The molecule has 0 heterocycles. The molecule has 0 radical (unpaired) electrons. The molecule has 0 aliphatic heterocycles. The van der Waals surface area contributed by atoms with Gasteiger partial charge in [-0.1, -0.05) is 15.9 Å². The van der Waals surface area contributed by atoms with Crippen LogP contribution < -0.4 is 0 Å². The van der Waals surface area contributed by atoms with Crippen molar-refractivity contribution in [3.05, 3.63) is 0 Å². The Bertz CT molecular complexity index is 132. The van der Waals surface area contributed by atoms with Gasteiger partial charge in [0.15, 0.2) is 0 Å². The molecule has 2 nitrogen and oxygen atoms in total. The van der Waals surface area contributed by atoms with Gasteiger partial charge in [0.05, 0.1) is 13.5 Å². The van der Waals surface area contributed by atoms with E-state index < -0.39 is 24.7 Å². The first-order chi connectivity index (χ1) is 5.11. The highest BCUT2D eigenvalue weighted by Crippen LogP contribution is 2.11. The lowest BCUT2D eigenvalue weighted by molar-refractivity contribution is -0.142. The summed E-state index contributed by atoms with van der Waals surface area (Å²) in [6.45, 7) is 0. The molecular weight excluding hydrogens is 222 g/mol. The lowest BCUT2D eigenvalue weighted by Gasteiger charge is -2.08. The van der Waals surface area contributed by atoms with Crippen LogP contribution in [0.2, 0.25) is 0 Å². The van der Waals surface area contributed by atoms with Crippen molar-refractivity contribution in [3.63, 3.8) is 0 Å². The van der Waals surface area contributed by atoms with Crippen molar-refractivity contribution in [2.45, 2.75) is 18.8 Å². The van der Waals surface area contributed by atoms with Crippen LogP contribution in [0.5, 0.6) is 0 Å². The SMILES string of the molecule is COC(=O)CC(F)C(F)CBr. The molecule has 0 aromatic heterocycles. The first-order valence-corrected chi connectivity index (χ1v) is 4.15. The highest BCUT2D eigenvalue weighted by Gasteiger charge is 2.22. The minimum Gasteiger partial charge on any atom is -0.469 e. The molecule has 0 bridgehead atoms. The van der Waals surface area contributed by atoms with Crippen molar-refractivity contribution in [3.8, 4) is 0 Å². The molecule has 2 unspecified atom stereocenters. The monoisotopic (exact) mass is 230 g/mol. The Kier molecular flexibility index (Phi) is 5.36. The van der Waals surface area contributed by atoms with Crippen LogP contribution in [0.25, 0.3) is 0 Å². The van der Waals surface area contributed by atoms with E-state index in [0.29, 0.717) is 0 Å². The molecule has 5 heteroatoms. The van der Waals surface area contributed by atoms with Gasteiger partial charge in [-0.25, -0.2) is 8.78 Å². The van der Waals surface area contributed by atoms with Crippen LogP contribution in [-0.2, 0) is 9.53 Å². The average Bonchev–Trinajstić information content (AvgIpc) is 2.02. The lowest BCUT2D eigenvalue weighted by Crippen LogP contribution is -2.22. The molecule has 0 rings (SSSR count). The Morgan fingerprint density at radius 1 is 1.55 bits per heavy atom. The van der Waals surface area contributed by atoms with Crippen LogP contribution in [-0.4, -0.2) is 30.8 Å². The van der Waals surface area contributed by atoms with Crippen molar-refractivity contribution in [1.29, 1.82) is 0 Å². The molecule has 0 aromatic rings. The van der Waals surface area contributed by atoms with Gasteiger partial charge in [-0.15, -0.1) is 0 Å². The molecule has 2 atom stereocenters. The second-order valence-electron chi connectivity index (χ2n) is 1.97. The van der Waals surface area contributed by atoms with Crippen molar-refractivity contribution in [2.75, 3.05) is 12.4 Å². The molecule has 0 amide bonds. The van der Waals surface area contributed by atoms with E-state index in [0.717, 1.165) is 7.11 Å². The third kappa shape index (κ3) is 4.29. The zero-order chi connectivity index (χ0) is 8.85. The van der Waals surface area contributed by atoms with E-state index in [1.807, 2.05) is 0 Å². The normalized spacial score (nSPS) is 15.6. The second-order valence-corrected chi connectivity index (χ2v) is 2.61. The minimum absolute atomic E-state index is 0.106. The van der Waals surface area contributed by atoms with E-state index in [1.54, 1.807) is 0 Å². The molecule has 0 aliphatic carbocycles. The van der Waals surface area contributed by atoms with Gasteiger partial charge in [0.1, 0.15) is 12.3 Å². The summed E-state index contributed by atoms with van der Waals surface area (Å²) in [5.41, 5.74) is 0. The molecule has 0 aliphatic rings. The number of ether oxygens (including phenoxy) is 1. The number of carbonyl (C=O) groups excluding carboxylic acids is 1.